The van der Waals surface area contributed by atoms with Gasteiger partial charge < -0.3 is 24.5 Å². The zero-order valence-electron chi connectivity index (χ0n) is 3.67. The molecule has 0 rings (SSSR count). The fraction of sp³-hybridized carbons (Fsp3) is 0. The first kappa shape index (κ1) is 15.9. The van der Waals surface area contributed by atoms with Gasteiger partial charge in [0.25, 0.3) is 0 Å². The molecule has 0 spiro atoms. The van der Waals surface area contributed by atoms with Crippen LogP contribution in [0.1, 0.15) is 0 Å². The molecular weight excluding hydrogens is 157 g/mol. The second kappa shape index (κ2) is 10.7. The first-order valence-electron chi connectivity index (χ1n) is 0.548. The van der Waals surface area contributed by atoms with Gasteiger partial charge >= 0.3 is 59.1 Å². The minimum absolute atomic E-state index is 0. The maximum atomic E-state index is 9.22. The number of hydrogen-bond donors (Lipinski definition) is 0. The molecule has 1 nitrogen and oxygen atoms in total. The van der Waals surface area contributed by atoms with Gasteiger partial charge in [-0.25, -0.2) is 0 Å². The van der Waals surface area contributed by atoms with Gasteiger partial charge in [0.1, 0.15) is 0 Å². The van der Waals surface area contributed by atoms with Crippen molar-refractivity contribution in [1.82, 2.24) is 0 Å². The Morgan fingerprint density at radius 3 is 1.17 bits per heavy atom. The summed E-state index contributed by atoms with van der Waals surface area (Å²) in [7, 11) is 0. The Labute approximate surface area is 92.7 Å². The zero-order chi connectivity index (χ0) is 3.58. The second-order valence-electron chi connectivity index (χ2n) is 0.224. The third-order valence-electron chi connectivity index (χ3n) is 0. The van der Waals surface area contributed by atoms with Crippen molar-refractivity contribution in [3.8, 4) is 0 Å². The van der Waals surface area contributed by atoms with E-state index in [-0.39, 0.29) is 59.1 Å². The Kier molecular flexibility index (Phi) is 28.4. The molecule has 0 unspecified atom stereocenters. The van der Waals surface area contributed by atoms with Gasteiger partial charge in [-0.05, 0) is 0 Å². The molecule has 0 aromatic heterocycles. The van der Waals surface area contributed by atoms with Crippen LogP contribution in [0.15, 0.2) is 0 Å². The van der Waals surface area contributed by atoms with E-state index in [0.717, 1.165) is 0 Å². The molecule has 0 bridgehead atoms. The van der Waals surface area contributed by atoms with Crippen molar-refractivity contribution in [2.45, 2.75) is 0 Å². The number of hydrogen-bond acceptors (Lipinski definition) is 3. The van der Waals surface area contributed by atoms with Crippen molar-refractivity contribution in [3.05, 3.63) is 0 Å². The maximum absolute atomic E-state index is 9.22. The van der Waals surface area contributed by atoms with E-state index < -0.39 is 6.20 Å². The van der Waals surface area contributed by atoms with E-state index in [0.29, 0.717) is 0 Å². The van der Waals surface area contributed by atoms with Gasteiger partial charge in [0.15, 0.2) is 0 Å². The third-order valence-corrected chi connectivity index (χ3v) is 0. The van der Waals surface area contributed by atoms with E-state index >= 15 is 0 Å². The predicted octanol–water partition coefficient (Wildman–Crippen LogP) is -5.25. The molecule has 0 fully saturated rings. The molecule has 0 aliphatic rings. The molecule has 0 aromatic rings. The largest absolute Gasteiger partial charge is 1.00 e. The van der Waals surface area contributed by atoms with Gasteiger partial charge in [-0.15, -0.1) is 4.57 Å². The van der Waals surface area contributed by atoms with Gasteiger partial charge in [-0.1, -0.05) is 0 Å². The Bertz CT molecular complexity index is 34.5. The fourth-order valence-electron chi connectivity index (χ4n) is 0. The third kappa shape index (κ3) is 29.2. The molecule has 0 heterocycles. The topological polar surface area (TPSA) is 17.1 Å². The molecule has 24 valence electrons. The van der Waals surface area contributed by atoms with E-state index in [1.807, 2.05) is 0 Å². The van der Waals surface area contributed by atoms with Crippen molar-refractivity contribution in [1.29, 1.82) is 0 Å². The van der Waals surface area contributed by atoms with E-state index in [2.05, 4.69) is 24.5 Å². The Morgan fingerprint density at radius 2 is 1.17 bits per heavy atom. The molecule has 0 radical (unpaired) electrons. The van der Waals surface area contributed by atoms with Crippen LogP contribution in [0.2, 0.25) is 0 Å². The number of rotatable bonds is 0. The zero-order valence-corrected chi connectivity index (χ0v) is 10.2. The standard InChI is InChI=1S/2Na.HOPS2/c;;1-2(3)4/h;;(H,1,3,4)/q2*+1;/p-1. The molecular formula is Na2OPS2+. The summed E-state index contributed by atoms with van der Waals surface area (Å²) in [4.78, 5) is 0. The summed E-state index contributed by atoms with van der Waals surface area (Å²) in [5.41, 5.74) is 0. The summed E-state index contributed by atoms with van der Waals surface area (Å²) in [5.74, 6) is 0. The molecule has 0 aromatic carbocycles. The second-order valence-corrected chi connectivity index (χ2v) is 3.35. The van der Waals surface area contributed by atoms with Gasteiger partial charge in [-0.2, -0.15) is 0 Å². The van der Waals surface area contributed by atoms with E-state index in [1.54, 1.807) is 0 Å². The van der Waals surface area contributed by atoms with Crippen molar-refractivity contribution < 1.29 is 63.7 Å². The molecule has 0 saturated heterocycles. The maximum Gasteiger partial charge on any atom is 1.00 e. The Balaban J connectivity index is -0.0000000450. The molecule has 6 heavy (non-hydrogen) atoms. The predicted molar refractivity (Wildman–Crippen MR) is 22.3 cm³/mol. The molecule has 6 heteroatoms. The molecule has 0 atom stereocenters. The van der Waals surface area contributed by atoms with Crippen LogP contribution in [0, 0.1) is 0 Å². The SMILES string of the molecule is O=[P+]([S-])[S-].[Na+].[Na+]. The van der Waals surface area contributed by atoms with Crippen LogP contribution in [-0.4, -0.2) is 0 Å². The molecule has 0 amide bonds. The molecule has 0 N–H and O–H groups in total. The summed E-state index contributed by atoms with van der Waals surface area (Å²) in [6, 6.07) is 0. The quantitative estimate of drug-likeness (QED) is 0.199. The average Bonchev–Trinajstić information content (AvgIpc) is 0.811. The van der Waals surface area contributed by atoms with Gasteiger partial charge in [-0.3, -0.25) is 0 Å². The normalized spacial score (nSPS) is 4.33. The minimum atomic E-state index is -1.70. The summed E-state index contributed by atoms with van der Waals surface area (Å²) in [6.45, 7) is 0. The summed E-state index contributed by atoms with van der Waals surface area (Å²) in [6.07, 6.45) is -1.70. The van der Waals surface area contributed by atoms with Crippen molar-refractivity contribution >= 4 is 30.7 Å². The van der Waals surface area contributed by atoms with Crippen LogP contribution in [0.5, 0.6) is 0 Å². The van der Waals surface area contributed by atoms with Crippen LogP contribution in [-0.2, 0) is 29.1 Å². The average molecular weight is 157 g/mol. The van der Waals surface area contributed by atoms with E-state index in [1.165, 1.54) is 0 Å². The van der Waals surface area contributed by atoms with Crippen LogP contribution in [0.4, 0.5) is 0 Å². The molecule has 0 aliphatic carbocycles. The van der Waals surface area contributed by atoms with E-state index in [9.17, 15) is 4.57 Å². The summed E-state index contributed by atoms with van der Waals surface area (Å²) in [5, 5.41) is 0. The molecule has 0 aliphatic heterocycles. The summed E-state index contributed by atoms with van der Waals surface area (Å²) < 4.78 is 9.22. The van der Waals surface area contributed by atoms with Gasteiger partial charge in [0, 0.05) is 0 Å². The van der Waals surface area contributed by atoms with Crippen molar-refractivity contribution in [2.75, 3.05) is 0 Å². The Morgan fingerprint density at radius 1 is 1.17 bits per heavy atom. The molecule has 0 saturated carbocycles. The minimum Gasteiger partial charge on any atom is -0.471 e. The van der Waals surface area contributed by atoms with Gasteiger partial charge in [0.2, 0.25) is 0 Å². The van der Waals surface area contributed by atoms with Crippen LogP contribution >= 0.6 is 6.20 Å². The van der Waals surface area contributed by atoms with E-state index in [4.69, 9.17) is 0 Å². The van der Waals surface area contributed by atoms with Gasteiger partial charge in [0.05, 0.1) is 6.20 Å². The van der Waals surface area contributed by atoms with Crippen LogP contribution < -0.4 is 59.1 Å². The first-order valence-corrected chi connectivity index (χ1v) is 3.83. The van der Waals surface area contributed by atoms with Crippen LogP contribution in [0.3, 0.4) is 0 Å². The van der Waals surface area contributed by atoms with Crippen LogP contribution in [0.25, 0.3) is 0 Å². The fourth-order valence-corrected chi connectivity index (χ4v) is 0. The van der Waals surface area contributed by atoms with Crippen molar-refractivity contribution in [2.24, 2.45) is 0 Å². The van der Waals surface area contributed by atoms with Crippen molar-refractivity contribution in [3.63, 3.8) is 0 Å². The Hall–Kier alpha value is 2.80. The summed E-state index contributed by atoms with van der Waals surface area (Å²) >= 11 is 7.89. The first-order chi connectivity index (χ1) is 1.73. The smallest absolute Gasteiger partial charge is 0.471 e. The monoisotopic (exact) mass is 157 g/mol.